The van der Waals surface area contributed by atoms with E-state index in [1.807, 2.05) is 14.0 Å². The van der Waals surface area contributed by atoms with E-state index >= 15 is 0 Å². The number of likely N-dealkylation sites (tertiary alicyclic amines) is 1. The van der Waals surface area contributed by atoms with E-state index in [4.69, 9.17) is 9.47 Å². The van der Waals surface area contributed by atoms with Gasteiger partial charge in [0.1, 0.15) is 12.4 Å². The van der Waals surface area contributed by atoms with Crippen LogP contribution in [0.5, 0.6) is 0 Å². The molecule has 10 heteroatoms. The number of nitrogens with one attached hydrogen (secondary N) is 3. The van der Waals surface area contributed by atoms with Crippen LogP contribution in [0.2, 0.25) is 0 Å². The van der Waals surface area contributed by atoms with Crippen LogP contribution < -0.4 is 16.0 Å². The maximum atomic E-state index is 14.6. The minimum Gasteiger partial charge on any atom is -0.447 e. The Bertz CT molecular complexity index is 896. The molecule has 37 heavy (non-hydrogen) atoms. The highest BCUT2D eigenvalue weighted by atomic mass is 19.1. The molecule has 3 amide bonds. The Labute approximate surface area is 219 Å². The molecule has 1 aliphatic heterocycles. The standard InChI is InChI=1S/C27H43FN4O5/c1-18-21(17-36-11-12-37-27(35)30-3)13-22(28)14-23(18)20-9-6-10-32(16-20)26(34)31-24(15-29-2)25(33)19-7-4-5-8-19/h13-14,19-20,24-25,29,33H,4-12,15-17H2,1-3H3,(H,30,35)(H,31,34). The highest BCUT2D eigenvalue weighted by Gasteiger charge is 2.33. The van der Waals surface area contributed by atoms with Gasteiger partial charge >= 0.3 is 12.1 Å². The van der Waals surface area contributed by atoms with E-state index in [2.05, 4.69) is 16.0 Å². The zero-order valence-electron chi connectivity index (χ0n) is 22.4. The average Bonchev–Trinajstić information content (AvgIpc) is 3.44. The number of aliphatic hydroxyl groups excluding tert-OH is 1. The topological polar surface area (TPSA) is 112 Å². The smallest absolute Gasteiger partial charge is 0.406 e. The maximum absolute atomic E-state index is 14.6. The van der Waals surface area contributed by atoms with E-state index in [9.17, 15) is 19.1 Å². The third kappa shape index (κ3) is 8.28. The van der Waals surface area contributed by atoms with Gasteiger partial charge in [0.25, 0.3) is 0 Å². The Kier molecular flexibility index (Phi) is 11.4. The molecule has 0 aromatic heterocycles. The van der Waals surface area contributed by atoms with Gasteiger partial charge in [-0.25, -0.2) is 14.0 Å². The number of alkyl carbamates (subject to hydrolysis) is 1. The summed E-state index contributed by atoms with van der Waals surface area (Å²) in [5, 5.41) is 19.4. The predicted octanol–water partition coefficient (Wildman–Crippen LogP) is 3.03. The normalized spacial score (nSPS) is 19.9. The van der Waals surface area contributed by atoms with Crippen molar-refractivity contribution in [3.63, 3.8) is 0 Å². The summed E-state index contributed by atoms with van der Waals surface area (Å²) in [5.41, 5.74) is 2.58. The number of piperidine rings is 1. The fourth-order valence-corrected chi connectivity index (χ4v) is 5.55. The number of hydrogen-bond donors (Lipinski definition) is 4. The first-order valence-electron chi connectivity index (χ1n) is 13.4. The quantitative estimate of drug-likeness (QED) is 0.333. The first-order valence-corrected chi connectivity index (χ1v) is 13.4. The van der Waals surface area contributed by atoms with Crippen molar-refractivity contribution in [1.82, 2.24) is 20.9 Å². The zero-order valence-corrected chi connectivity index (χ0v) is 22.4. The second kappa shape index (κ2) is 14.5. The van der Waals surface area contributed by atoms with Gasteiger partial charge in [0, 0.05) is 32.6 Å². The summed E-state index contributed by atoms with van der Waals surface area (Å²) in [6.45, 7) is 4.09. The molecule has 3 unspecified atom stereocenters. The molecule has 0 radical (unpaired) electrons. The molecule has 1 aliphatic carbocycles. The number of amides is 3. The average molecular weight is 523 g/mol. The maximum Gasteiger partial charge on any atom is 0.406 e. The van der Waals surface area contributed by atoms with E-state index in [0.717, 1.165) is 55.2 Å². The predicted molar refractivity (Wildman–Crippen MR) is 139 cm³/mol. The lowest BCUT2D eigenvalue weighted by Gasteiger charge is -2.36. The third-order valence-corrected chi connectivity index (χ3v) is 7.62. The van der Waals surface area contributed by atoms with Gasteiger partial charge in [-0.3, -0.25) is 0 Å². The van der Waals surface area contributed by atoms with Gasteiger partial charge in [0.2, 0.25) is 0 Å². The van der Waals surface area contributed by atoms with Gasteiger partial charge in [0.05, 0.1) is 25.4 Å². The van der Waals surface area contributed by atoms with Gasteiger partial charge in [0.15, 0.2) is 0 Å². The van der Waals surface area contributed by atoms with Crippen LogP contribution >= 0.6 is 0 Å². The molecular weight excluding hydrogens is 479 g/mol. The lowest BCUT2D eigenvalue weighted by atomic mass is 9.86. The summed E-state index contributed by atoms with van der Waals surface area (Å²) in [6.07, 6.45) is 4.82. The van der Waals surface area contributed by atoms with Crippen LogP contribution in [0.4, 0.5) is 14.0 Å². The Hall–Kier alpha value is -2.43. The highest BCUT2D eigenvalue weighted by Crippen LogP contribution is 2.32. The molecule has 4 N–H and O–H groups in total. The zero-order chi connectivity index (χ0) is 26.8. The second-order valence-corrected chi connectivity index (χ2v) is 10.2. The van der Waals surface area contributed by atoms with Crippen molar-refractivity contribution in [3.8, 4) is 0 Å². The Balaban J connectivity index is 1.61. The first kappa shape index (κ1) is 29.1. The van der Waals surface area contributed by atoms with Crippen molar-refractivity contribution in [3.05, 3.63) is 34.6 Å². The van der Waals surface area contributed by atoms with Gasteiger partial charge in [-0.15, -0.1) is 0 Å². The molecule has 0 bridgehead atoms. The number of aliphatic hydroxyl groups is 1. The minimum absolute atomic E-state index is 0.00744. The van der Waals surface area contributed by atoms with Crippen molar-refractivity contribution in [2.45, 2.75) is 70.1 Å². The van der Waals surface area contributed by atoms with Crippen LogP contribution in [0.15, 0.2) is 12.1 Å². The summed E-state index contributed by atoms with van der Waals surface area (Å²) in [7, 11) is 3.30. The molecule has 1 aromatic rings. The Morgan fingerprint density at radius 3 is 2.62 bits per heavy atom. The number of likely N-dealkylation sites (N-methyl/N-ethyl adjacent to an activating group) is 1. The molecule has 3 rings (SSSR count). The summed E-state index contributed by atoms with van der Waals surface area (Å²) < 4.78 is 25.1. The highest BCUT2D eigenvalue weighted by molar-refractivity contribution is 5.75. The third-order valence-electron chi connectivity index (χ3n) is 7.62. The van der Waals surface area contributed by atoms with Crippen LogP contribution in [0, 0.1) is 18.7 Å². The molecule has 9 nitrogen and oxygen atoms in total. The number of benzene rings is 1. The number of carbonyl (C=O) groups is 2. The van der Waals surface area contributed by atoms with Gasteiger partial charge in [-0.05, 0) is 74.4 Å². The van der Waals surface area contributed by atoms with Crippen LogP contribution in [0.25, 0.3) is 0 Å². The lowest BCUT2D eigenvalue weighted by molar-refractivity contribution is 0.0651. The van der Waals surface area contributed by atoms with E-state index in [1.54, 1.807) is 11.0 Å². The van der Waals surface area contributed by atoms with Crippen LogP contribution in [-0.4, -0.2) is 81.2 Å². The van der Waals surface area contributed by atoms with Crippen LogP contribution in [0.1, 0.15) is 61.1 Å². The summed E-state index contributed by atoms with van der Waals surface area (Å²) >= 11 is 0. The molecule has 2 fully saturated rings. The number of carbonyl (C=O) groups excluding carboxylic acids is 2. The molecule has 1 saturated carbocycles. The van der Waals surface area contributed by atoms with Crippen molar-refractivity contribution >= 4 is 12.1 Å². The van der Waals surface area contributed by atoms with Gasteiger partial charge in [-0.1, -0.05) is 12.8 Å². The Morgan fingerprint density at radius 1 is 1.16 bits per heavy atom. The fourth-order valence-electron chi connectivity index (χ4n) is 5.55. The molecule has 2 aliphatic rings. The summed E-state index contributed by atoms with van der Waals surface area (Å²) in [4.78, 5) is 26.1. The fraction of sp³-hybridized carbons (Fsp3) is 0.704. The second-order valence-electron chi connectivity index (χ2n) is 10.2. The van der Waals surface area contributed by atoms with E-state index in [-0.39, 0.29) is 49.5 Å². The first-order chi connectivity index (χ1) is 17.8. The van der Waals surface area contributed by atoms with E-state index in [1.165, 1.54) is 13.1 Å². The molecular formula is C27H43FN4O5. The molecule has 1 saturated heterocycles. The van der Waals surface area contributed by atoms with E-state index < -0.39 is 12.2 Å². The van der Waals surface area contributed by atoms with Gasteiger partial charge in [-0.2, -0.15) is 0 Å². The monoisotopic (exact) mass is 522 g/mol. The molecule has 0 spiro atoms. The molecule has 3 atom stereocenters. The van der Waals surface area contributed by atoms with Crippen molar-refractivity contribution in [2.24, 2.45) is 5.92 Å². The van der Waals surface area contributed by atoms with Crippen LogP contribution in [0.3, 0.4) is 0 Å². The number of ether oxygens (including phenoxy) is 2. The SMILES string of the molecule is CNCC(NC(=O)N1CCCC(c2cc(F)cc(COCCOC(=O)NC)c2C)C1)C(O)C1CCCC1. The number of nitrogens with zero attached hydrogens (tertiary/aromatic N) is 1. The summed E-state index contributed by atoms with van der Waals surface area (Å²) in [5.74, 6) is -0.108. The molecule has 208 valence electrons. The molecule has 1 heterocycles. The lowest BCUT2D eigenvalue weighted by Crippen LogP contribution is -2.55. The van der Waals surface area contributed by atoms with Crippen LogP contribution in [-0.2, 0) is 16.1 Å². The largest absolute Gasteiger partial charge is 0.447 e. The van der Waals surface area contributed by atoms with E-state index in [0.29, 0.717) is 19.6 Å². The van der Waals surface area contributed by atoms with Crippen molar-refractivity contribution in [2.75, 3.05) is 46.9 Å². The minimum atomic E-state index is -0.575. The number of urea groups is 1. The Morgan fingerprint density at radius 2 is 1.92 bits per heavy atom. The van der Waals surface area contributed by atoms with Gasteiger partial charge < -0.3 is 35.4 Å². The van der Waals surface area contributed by atoms with Crippen molar-refractivity contribution in [1.29, 1.82) is 0 Å². The number of hydrogen-bond acceptors (Lipinski definition) is 6. The molecule has 1 aromatic carbocycles. The number of rotatable bonds is 11. The number of halogens is 1. The summed E-state index contributed by atoms with van der Waals surface area (Å²) in [6, 6.07) is 2.50. The van der Waals surface area contributed by atoms with Crippen molar-refractivity contribution < 1.29 is 28.6 Å².